The van der Waals surface area contributed by atoms with Crippen LogP contribution in [0.3, 0.4) is 0 Å². The summed E-state index contributed by atoms with van der Waals surface area (Å²) >= 11 is 0. The molecule has 0 bridgehead atoms. The van der Waals surface area contributed by atoms with Gasteiger partial charge in [-0.2, -0.15) is 0 Å². The minimum absolute atomic E-state index is 0.553. The summed E-state index contributed by atoms with van der Waals surface area (Å²) in [7, 11) is 0. The van der Waals surface area contributed by atoms with Gasteiger partial charge in [-0.1, -0.05) is 152 Å². The van der Waals surface area contributed by atoms with Crippen molar-refractivity contribution in [2.24, 2.45) is 0 Å². The number of fused-ring (bicyclic) bond motifs is 8. The molecule has 54 heavy (non-hydrogen) atoms. The average molecular weight is 689 g/mol. The van der Waals surface area contributed by atoms with Gasteiger partial charge in [-0.25, -0.2) is 9.97 Å². The summed E-state index contributed by atoms with van der Waals surface area (Å²) in [5.74, 6) is 0. The van der Waals surface area contributed by atoms with Crippen LogP contribution < -0.4 is 0 Å². The first-order valence-electron chi connectivity index (χ1n) is 18.4. The second-order valence-electron chi connectivity index (χ2n) is 14.1. The van der Waals surface area contributed by atoms with Crippen LogP contribution in [-0.2, 0) is 6.42 Å². The van der Waals surface area contributed by atoms with Crippen molar-refractivity contribution in [1.82, 2.24) is 9.97 Å². The van der Waals surface area contributed by atoms with Crippen LogP contribution in [0.15, 0.2) is 187 Å². The van der Waals surface area contributed by atoms with Crippen LogP contribution in [0, 0.1) is 0 Å². The summed E-state index contributed by atoms with van der Waals surface area (Å²) in [5, 5.41) is 3.30. The number of furan rings is 1. The molecule has 0 spiro atoms. The van der Waals surface area contributed by atoms with Crippen LogP contribution in [-0.4, -0.2) is 9.97 Å². The van der Waals surface area contributed by atoms with Crippen molar-refractivity contribution in [1.29, 1.82) is 0 Å². The van der Waals surface area contributed by atoms with E-state index < -0.39 is 0 Å². The standard InChI is InChI=1S/C51H32N2O/c1-2-11-32(12-3-1)34-14-6-17-37(27-34)40-21-9-23-43-44-24-10-22-41(46(44)30-45(40)43)38-18-7-15-35(28-38)36-16-8-19-39(29-36)47-31-52-50-49-42-20-5-4-13-33(42)25-26-48(49)54-51(50)53-47/h1-29,31H,30H2. The first kappa shape index (κ1) is 30.5. The van der Waals surface area contributed by atoms with E-state index in [2.05, 4.69) is 170 Å². The minimum Gasteiger partial charge on any atom is -0.436 e. The predicted octanol–water partition coefficient (Wildman–Crippen LogP) is 13.4. The van der Waals surface area contributed by atoms with Gasteiger partial charge in [0, 0.05) is 5.56 Å². The maximum atomic E-state index is 6.24. The Balaban J connectivity index is 0.935. The largest absolute Gasteiger partial charge is 0.436 e. The third kappa shape index (κ3) is 4.97. The van der Waals surface area contributed by atoms with E-state index >= 15 is 0 Å². The Morgan fingerprint density at radius 3 is 1.67 bits per heavy atom. The molecule has 0 aliphatic heterocycles. The predicted molar refractivity (Wildman–Crippen MR) is 222 cm³/mol. The Hall–Kier alpha value is -7.10. The van der Waals surface area contributed by atoms with Crippen LogP contribution >= 0.6 is 0 Å². The number of nitrogens with zero attached hydrogens (tertiary/aromatic N) is 2. The second kappa shape index (κ2) is 12.3. The van der Waals surface area contributed by atoms with Gasteiger partial charge in [-0.3, -0.25) is 0 Å². The van der Waals surface area contributed by atoms with E-state index in [0.29, 0.717) is 5.71 Å². The Kier molecular flexibility index (Phi) is 6.93. The number of hydrogen-bond donors (Lipinski definition) is 0. The molecule has 0 amide bonds. The molecule has 252 valence electrons. The van der Waals surface area contributed by atoms with Crippen LogP contribution in [0.2, 0.25) is 0 Å². The van der Waals surface area contributed by atoms with Gasteiger partial charge in [0.1, 0.15) is 11.1 Å². The van der Waals surface area contributed by atoms with Gasteiger partial charge in [0.15, 0.2) is 0 Å². The van der Waals surface area contributed by atoms with Gasteiger partial charge < -0.3 is 4.42 Å². The van der Waals surface area contributed by atoms with E-state index in [1.54, 1.807) is 0 Å². The van der Waals surface area contributed by atoms with Crippen molar-refractivity contribution >= 4 is 33.0 Å². The number of hydrogen-bond acceptors (Lipinski definition) is 3. The molecule has 0 unspecified atom stereocenters. The molecule has 8 aromatic carbocycles. The normalized spacial score (nSPS) is 12.0. The fraction of sp³-hybridized carbons (Fsp3) is 0.0196. The minimum atomic E-state index is 0.553. The van der Waals surface area contributed by atoms with Crippen LogP contribution in [0.5, 0.6) is 0 Å². The molecule has 3 heteroatoms. The fourth-order valence-corrected chi connectivity index (χ4v) is 8.44. The quantitative estimate of drug-likeness (QED) is 0.181. The third-order valence-corrected chi connectivity index (χ3v) is 11.0. The Morgan fingerprint density at radius 2 is 0.963 bits per heavy atom. The van der Waals surface area contributed by atoms with Crippen molar-refractivity contribution < 1.29 is 4.42 Å². The molecule has 0 fully saturated rings. The van der Waals surface area contributed by atoms with Gasteiger partial charge in [0.25, 0.3) is 0 Å². The third-order valence-electron chi connectivity index (χ3n) is 11.0. The van der Waals surface area contributed by atoms with Crippen LogP contribution in [0.25, 0.3) is 99.9 Å². The number of rotatable bonds is 5. The Morgan fingerprint density at radius 1 is 0.426 bits per heavy atom. The van der Waals surface area contributed by atoms with Crippen molar-refractivity contribution in [3.63, 3.8) is 0 Å². The molecule has 2 aromatic heterocycles. The molecule has 0 atom stereocenters. The lowest BCUT2D eigenvalue weighted by Gasteiger charge is -2.12. The highest BCUT2D eigenvalue weighted by atomic mass is 16.3. The SMILES string of the molecule is c1ccc(-c2cccc(-c3cccc4c3Cc3c(-c5cccc(-c6cccc(-c7cnc8c(n7)oc7ccc9ccccc9c78)c6)c5)cccc3-4)c2)cc1. The van der Waals surface area contributed by atoms with Gasteiger partial charge >= 0.3 is 0 Å². The summed E-state index contributed by atoms with van der Waals surface area (Å²) in [6.07, 6.45) is 2.76. The first-order valence-corrected chi connectivity index (χ1v) is 18.4. The highest BCUT2D eigenvalue weighted by Gasteiger charge is 2.24. The van der Waals surface area contributed by atoms with Crippen LogP contribution in [0.1, 0.15) is 11.1 Å². The Bertz CT molecular complexity index is 3080. The van der Waals surface area contributed by atoms with Crippen molar-refractivity contribution in [2.45, 2.75) is 6.42 Å². The van der Waals surface area contributed by atoms with Crippen LogP contribution in [0.4, 0.5) is 0 Å². The molecule has 0 saturated heterocycles. The van der Waals surface area contributed by atoms with Gasteiger partial charge in [-0.05, 0) is 108 Å². The maximum absolute atomic E-state index is 6.24. The zero-order chi connectivity index (χ0) is 35.6. The highest BCUT2D eigenvalue weighted by Crippen LogP contribution is 2.46. The van der Waals surface area contributed by atoms with E-state index in [4.69, 9.17) is 14.4 Å². The molecule has 1 aliphatic carbocycles. The van der Waals surface area contributed by atoms with Gasteiger partial charge in [-0.15, -0.1) is 0 Å². The zero-order valence-corrected chi connectivity index (χ0v) is 29.3. The first-order chi connectivity index (χ1) is 26.7. The van der Waals surface area contributed by atoms with Crippen molar-refractivity contribution in [2.75, 3.05) is 0 Å². The van der Waals surface area contributed by atoms with Crippen molar-refractivity contribution in [3.05, 3.63) is 193 Å². The second-order valence-corrected chi connectivity index (χ2v) is 14.1. The summed E-state index contributed by atoms with van der Waals surface area (Å²) in [5.41, 5.74) is 19.2. The van der Waals surface area contributed by atoms with E-state index in [9.17, 15) is 0 Å². The molecule has 3 nitrogen and oxygen atoms in total. The van der Waals surface area contributed by atoms with E-state index in [1.165, 1.54) is 55.6 Å². The maximum Gasteiger partial charge on any atom is 0.246 e. The Labute approximate surface area is 312 Å². The molecule has 0 radical (unpaired) electrons. The van der Waals surface area contributed by atoms with Gasteiger partial charge in [0.05, 0.1) is 17.3 Å². The monoisotopic (exact) mass is 688 g/mol. The zero-order valence-electron chi connectivity index (χ0n) is 29.3. The summed E-state index contributed by atoms with van der Waals surface area (Å²) in [4.78, 5) is 9.86. The molecule has 1 aliphatic rings. The highest BCUT2D eigenvalue weighted by molar-refractivity contribution is 6.16. The van der Waals surface area contributed by atoms with Crippen molar-refractivity contribution in [3.8, 4) is 66.9 Å². The number of aromatic nitrogens is 2. The summed E-state index contributed by atoms with van der Waals surface area (Å²) in [6, 6.07) is 63.0. The molecule has 2 heterocycles. The van der Waals surface area contributed by atoms with Gasteiger partial charge in [0.2, 0.25) is 5.71 Å². The number of benzene rings is 8. The lowest BCUT2D eigenvalue weighted by atomic mass is 9.92. The molecule has 0 saturated carbocycles. The summed E-state index contributed by atoms with van der Waals surface area (Å²) in [6.45, 7) is 0. The average Bonchev–Trinajstić information content (AvgIpc) is 3.83. The molecular formula is C51H32N2O. The smallest absolute Gasteiger partial charge is 0.246 e. The molecule has 10 aromatic rings. The van der Waals surface area contributed by atoms with E-state index in [0.717, 1.165) is 56.1 Å². The lowest BCUT2D eigenvalue weighted by molar-refractivity contribution is 0.654. The lowest BCUT2D eigenvalue weighted by Crippen LogP contribution is -1.91. The van der Waals surface area contributed by atoms with E-state index in [1.807, 2.05) is 12.3 Å². The fourth-order valence-electron chi connectivity index (χ4n) is 8.44. The molecule has 11 rings (SSSR count). The molecular weight excluding hydrogens is 657 g/mol. The summed E-state index contributed by atoms with van der Waals surface area (Å²) < 4.78 is 6.24. The molecule has 0 N–H and O–H groups in total. The van der Waals surface area contributed by atoms with E-state index in [-0.39, 0.29) is 0 Å². The topological polar surface area (TPSA) is 38.9 Å².